The van der Waals surface area contributed by atoms with Crippen LogP contribution in [0.1, 0.15) is 24.0 Å². The second-order valence-corrected chi connectivity index (χ2v) is 6.41. The van der Waals surface area contributed by atoms with Crippen LogP contribution in [-0.4, -0.2) is 23.8 Å². The van der Waals surface area contributed by atoms with Gasteiger partial charge in [0.1, 0.15) is 17.4 Å². The Labute approximate surface area is 141 Å². The van der Waals surface area contributed by atoms with E-state index in [1.807, 2.05) is 18.2 Å². The number of rotatable bonds is 5. The Morgan fingerprint density at radius 1 is 1.04 bits per heavy atom. The van der Waals surface area contributed by atoms with E-state index in [4.69, 9.17) is 0 Å². The van der Waals surface area contributed by atoms with Gasteiger partial charge in [-0.25, -0.2) is 8.78 Å². The minimum Gasteiger partial charge on any atom is -0.299 e. The lowest BCUT2D eigenvalue weighted by Crippen LogP contribution is -2.36. The van der Waals surface area contributed by atoms with Gasteiger partial charge in [-0.15, -0.1) is 0 Å². The van der Waals surface area contributed by atoms with Crippen LogP contribution in [0, 0.1) is 17.6 Å². The molecule has 1 fully saturated rings. The molecule has 4 heteroatoms. The molecule has 0 saturated carbocycles. The molecule has 2 aromatic rings. The van der Waals surface area contributed by atoms with Gasteiger partial charge in [0.25, 0.3) is 0 Å². The highest BCUT2D eigenvalue weighted by atomic mass is 19.1. The summed E-state index contributed by atoms with van der Waals surface area (Å²) >= 11 is 0. The molecule has 0 aliphatic carbocycles. The molecule has 0 atom stereocenters. The number of nitrogens with zero attached hydrogens (tertiary/aromatic N) is 1. The van der Waals surface area contributed by atoms with Gasteiger partial charge in [0, 0.05) is 18.9 Å². The summed E-state index contributed by atoms with van der Waals surface area (Å²) in [5.74, 6) is -1.05. The highest BCUT2D eigenvalue weighted by molar-refractivity contribution is 5.83. The molecular formula is C20H21F2NO. The van der Waals surface area contributed by atoms with Crippen LogP contribution in [0.5, 0.6) is 0 Å². The molecule has 1 saturated heterocycles. The van der Waals surface area contributed by atoms with Crippen molar-refractivity contribution >= 4 is 5.78 Å². The molecule has 24 heavy (non-hydrogen) atoms. The second kappa shape index (κ2) is 7.67. The fraction of sp³-hybridized carbons (Fsp3) is 0.350. The van der Waals surface area contributed by atoms with Crippen molar-refractivity contribution in [3.63, 3.8) is 0 Å². The number of Topliss-reactive ketones (excluding diaryl/α,β-unsaturated/α-hetero) is 1. The zero-order valence-corrected chi connectivity index (χ0v) is 13.6. The fourth-order valence-corrected chi connectivity index (χ4v) is 3.27. The van der Waals surface area contributed by atoms with E-state index in [0.29, 0.717) is 0 Å². The lowest BCUT2D eigenvalue weighted by molar-refractivity contribution is -0.123. The van der Waals surface area contributed by atoms with Crippen molar-refractivity contribution in [2.75, 3.05) is 13.1 Å². The SMILES string of the molecule is O=C(Cc1cc(F)ccc1F)C1CCN(Cc2ccccc2)CC1. The van der Waals surface area contributed by atoms with Crippen molar-refractivity contribution in [1.29, 1.82) is 0 Å². The van der Waals surface area contributed by atoms with Crippen LogP contribution in [0.4, 0.5) is 8.78 Å². The maximum atomic E-state index is 13.7. The minimum atomic E-state index is -0.508. The highest BCUT2D eigenvalue weighted by Crippen LogP contribution is 2.22. The third kappa shape index (κ3) is 4.26. The molecular weight excluding hydrogens is 308 g/mol. The maximum absolute atomic E-state index is 13.7. The van der Waals surface area contributed by atoms with Crippen molar-refractivity contribution < 1.29 is 13.6 Å². The van der Waals surface area contributed by atoms with Gasteiger partial charge in [0.05, 0.1) is 0 Å². The number of benzene rings is 2. The molecule has 0 radical (unpaired) electrons. The molecule has 2 aromatic carbocycles. The Hall–Kier alpha value is -2.07. The van der Waals surface area contributed by atoms with Crippen LogP contribution >= 0.6 is 0 Å². The number of halogens is 2. The van der Waals surface area contributed by atoms with Crippen molar-refractivity contribution in [2.24, 2.45) is 5.92 Å². The number of hydrogen-bond donors (Lipinski definition) is 0. The summed E-state index contributed by atoms with van der Waals surface area (Å²) in [5.41, 5.74) is 1.43. The van der Waals surface area contributed by atoms with Crippen LogP contribution in [0.2, 0.25) is 0 Å². The second-order valence-electron chi connectivity index (χ2n) is 6.41. The normalized spacial score (nSPS) is 16.2. The fourth-order valence-electron chi connectivity index (χ4n) is 3.27. The number of piperidine rings is 1. The summed E-state index contributed by atoms with van der Waals surface area (Å²) in [6, 6.07) is 13.5. The Morgan fingerprint density at radius 2 is 1.75 bits per heavy atom. The van der Waals surface area contributed by atoms with Crippen LogP contribution in [0.25, 0.3) is 0 Å². The van der Waals surface area contributed by atoms with E-state index in [2.05, 4.69) is 17.0 Å². The van der Waals surface area contributed by atoms with Crippen molar-refractivity contribution in [2.45, 2.75) is 25.8 Å². The van der Waals surface area contributed by atoms with Crippen molar-refractivity contribution in [3.05, 3.63) is 71.3 Å². The van der Waals surface area contributed by atoms with Gasteiger partial charge in [-0.2, -0.15) is 0 Å². The average molecular weight is 329 g/mol. The van der Waals surface area contributed by atoms with E-state index in [1.165, 1.54) is 5.56 Å². The molecule has 0 aromatic heterocycles. The first kappa shape index (κ1) is 16.8. The summed E-state index contributed by atoms with van der Waals surface area (Å²) in [6.07, 6.45) is 1.54. The molecule has 126 valence electrons. The van der Waals surface area contributed by atoms with Gasteiger partial charge in [-0.05, 0) is 55.3 Å². The maximum Gasteiger partial charge on any atom is 0.140 e. The third-order valence-electron chi connectivity index (χ3n) is 4.66. The van der Waals surface area contributed by atoms with Crippen molar-refractivity contribution in [1.82, 2.24) is 4.90 Å². The van der Waals surface area contributed by atoms with Crippen LogP contribution in [0.15, 0.2) is 48.5 Å². The van der Waals surface area contributed by atoms with Gasteiger partial charge in [-0.3, -0.25) is 9.69 Å². The van der Waals surface area contributed by atoms with Crippen LogP contribution in [0.3, 0.4) is 0 Å². The van der Waals surface area contributed by atoms with Crippen LogP contribution in [-0.2, 0) is 17.8 Å². The van der Waals surface area contributed by atoms with E-state index >= 15 is 0 Å². The summed E-state index contributed by atoms with van der Waals surface area (Å²) < 4.78 is 26.9. The predicted molar refractivity (Wildman–Crippen MR) is 89.5 cm³/mol. The quantitative estimate of drug-likeness (QED) is 0.827. The summed E-state index contributed by atoms with van der Waals surface area (Å²) in [6.45, 7) is 2.61. The Morgan fingerprint density at radius 3 is 2.46 bits per heavy atom. The molecule has 0 unspecified atom stereocenters. The molecule has 0 N–H and O–H groups in total. The topological polar surface area (TPSA) is 20.3 Å². The summed E-state index contributed by atoms with van der Waals surface area (Å²) in [5, 5.41) is 0. The van der Waals surface area contributed by atoms with Gasteiger partial charge >= 0.3 is 0 Å². The smallest absolute Gasteiger partial charge is 0.140 e. The van der Waals surface area contributed by atoms with Gasteiger partial charge < -0.3 is 0 Å². The molecule has 2 nitrogen and oxygen atoms in total. The predicted octanol–water partition coefficient (Wildman–Crippen LogP) is 3.99. The van der Waals surface area contributed by atoms with Gasteiger partial charge in [0.2, 0.25) is 0 Å². The Balaban J connectivity index is 1.52. The standard InChI is InChI=1S/C20H21F2NO/c21-18-6-7-19(22)17(12-18)13-20(24)16-8-10-23(11-9-16)14-15-4-2-1-3-5-15/h1-7,12,16H,8-11,13-14H2. The van der Waals surface area contributed by atoms with Crippen LogP contribution < -0.4 is 0 Å². The molecule has 3 rings (SSSR count). The largest absolute Gasteiger partial charge is 0.299 e. The van der Waals surface area contributed by atoms with Gasteiger partial charge in [0.15, 0.2) is 0 Å². The molecule has 0 spiro atoms. The number of carbonyl (C=O) groups excluding carboxylic acids is 1. The Kier molecular flexibility index (Phi) is 5.36. The van der Waals surface area contributed by atoms with Gasteiger partial charge in [-0.1, -0.05) is 30.3 Å². The monoisotopic (exact) mass is 329 g/mol. The number of ketones is 1. The number of likely N-dealkylation sites (tertiary alicyclic amines) is 1. The first-order chi connectivity index (χ1) is 11.6. The number of hydrogen-bond acceptors (Lipinski definition) is 2. The first-order valence-corrected chi connectivity index (χ1v) is 8.35. The third-order valence-corrected chi connectivity index (χ3v) is 4.66. The minimum absolute atomic E-state index is 0.0128. The number of carbonyl (C=O) groups is 1. The van der Waals surface area contributed by atoms with Crippen molar-refractivity contribution in [3.8, 4) is 0 Å². The Bertz CT molecular complexity index is 694. The summed E-state index contributed by atoms with van der Waals surface area (Å²) in [4.78, 5) is 14.7. The molecule has 0 bridgehead atoms. The average Bonchev–Trinajstić information content (AvgIpc) is 2.60. The lowest BCUT2D eigenvalue weighted by Gasteiger charge is -2.31. The zero-order valence-electron chi connectivity index (χ0n) is 13.6. The van der Waals surface area contributed by atoms with E-state index in [-0.39, 0.29) is 23.7 Å². The molecule has 1 aliphatic rings. The molecule has 1 heterocycles. The lowest BCUT2D eigenvalue weighted by atomic mass is 9.89. The van der Waals surface area contributed by atoms with E-state index in [0.717, 1.165) is 50.7 Å². The molecule has 1 aliphatic heterocycles. The first-order valence-electron chi connectivity index (χ1n) is 8.35. The van der Waals surface area contributed by atoms with E-state index < -0.39 is 11.6 Å². The molecule has 0 amide bonds. The summed E-state index contributed by atoms with van der Waals surface area (Å²) in [7, 11) is 0. The highest BCUT2D eigenvalue weighted by Gasteiger charge is 2.25. The van der Waals surface area contributed by atoms with E-state index in [1.54, 1.807) is 0 Å². The zero-order chi connectivity index (χ0) is 16.9. The van der Waals surface area contributed by atoms with E-state index in [9.17, 15) is 13.6 Å².